The summed E-state index contributed by atoms with van der Waals surface area (Å²) >= 11 is 0. The Balaban J connectivity index is 0. The monoisotopic (exact) mass is 134 g/mol. The first-order valence-electron chi connectivity index (χ1n) is 0. The molecule has 0 rings (SSSR count). The van der Waals surface area contributed by atoms with Gasteiger partial charge in [-0.05, 0) is 0 Å². The molecule has 4 heteroatoms. The van der Waals surface area contributed by atoms with Gasteiger partial charge in [-0.25, -0.2) is 0 Å². The van der Waals surface area contributed by atoms with Gasteiger partial charge in [-0.3, -0.25) is 4.70 Å². The Bertz CT molecular complexity index is 8.00. The SMILES string of the molecule is Br.F.[LiH].[MgH2]. The molecule has 0 aliphatic rings. The summed E-state index contributed by atoms with van der Waals surface area (Å²) in [5.74, 6) is 0. The summed E-state index contributed by atoms with van der Waals surface area (Å²) in [7, 11) is 0. The van der Waals surface area contributed by atoms with Crippen LogP contribution in [0.15, 0.2) is 0 Å². The van der Waals surface area contributed by atoms with Crippen molar-refractivity contribution in [3.05, 3.63) is 0 Å². The average Bonchev–Trinajstić information content (AvgIpc) is 0. The second-order valence-electron chi connectivity index (χ2n) is 0. The number of rotatable bonds is 0. The van der Waals surface area contributed by atoms with Gasteiger partial charge in [0.1, 0.15) is 0 Å². The van der Waals surface area contributed by atoms with E-state index < -0.39 is 0 Å². The van der Waals surface area contributed by atoms with Crippen LogP contribution < -0.4 is 0 Å². The third kappa shape index (κ3) is 9.23. The summed E-state index contributed by atoms with van der Waals surface area (Å²) in [6.45, 7) is 0. The maximum atomic E-state index is 0. The molecule has 0 saturated heterocycles. The number of halogens is 2. The van der Waals surface area contributed by atoms with E-state index in [0.717, 1.165) is 0 Å². The zero-order chi connectivity index (χ0) is 0. The first kappa shape index (κ1) is 41.8. The zero-order valence-corrected chi connectivity index (χ0v) is 2.53. The fraction of sp³-hybridized carbons (Fsp3) is 0. The minimum Gasteiger partial charge on any atom is 0.316 e. The Labute approximate surface area is 63.2 Å². The molecule has 0 N–H and O–H groups in total. The predicted octanol–water partition coefficient (Wildman–Crippen LogP) is -0.834. The maximum absolute atomic E-state index is 0. The van der Waals surface area contributed by atoms with E-state index in [-0.39, 0.29) is 63.6 Å². The van der Waals surface area contributed by atoms with E-state index >= 15 is 0 Å². The molecule has 0 spiro atoms. The van der Waals surface area contributed by atoms with Crippen molar-refractivity contribution in [1.29, 1.82) is 0 Å². The van der Waals surface area contributed by atoms with Crippen molar-refractivity contribution in [3.63, 3.8) is 0 Å². The van der Waals surface area contributed by atoms with Gasteiger partial charge in [0.05, 0.1) is 0 Å². The fourth-order valence-electron chi connectivity index (χ4n) is 0. The van der Waals surface area contributed by atoms with Crippen molar-refractivity contribution in [2.24, 2.45) is 0 Å². The Kier molecular flexibility index (Phi) is 226. The first-order chi connectivity index (χ1) is 0. The van der Waals surface area contributed by atoms with Gasteiger partial charge in [0.2, 0.25) is 0 Å². The smallest absolute Gasteiger partial charge is 0.316 e. The van der Waals surface area contributed by atoms with E-state index in [1.807, 2.05) is 0 Å². The van der Waals surface area contributed by atoms with Crippen LogP contribution in [-0.4, -0.2) is 41.9 Å². The van der Waals surface area contributed by atoms with Crippen LogP contribution in [0.1, 0.15) is 0 Å². The summed E-state index contributed by atoms with van der Waals surface area (Å²) in [5.41, 5.74) is 0. The van der Waals surface area contributed by atoms with Crippen molar-refractivity contribution in [3.8, 4) is 0 Å². The van der Waals surface area contributed by atoms with Gasteiger partial charge in [-0.15, -0.1) is 17.0 Å². The van der Waals surface area contributed by atoms with Crippen LogP contribution in [0.4, 0.5) is 4.70 Å². The molecule has 0 nitrogen and oxygen atoms in total. The van der Waals surface area contributed by atoms with Gasteiger partial charge in [-0.1, -0.05) is 0 Å². The molecule has 0 unspecified atom stereocenters. The molecule has 0 heterocycles. The molecule has 0 aliphatic heterocycles. The largest absolute Gasteiger partial charge is 0.316 e. The second-order valence-corrected chi connectivity index (χ2v) is 0. The van der Waals surface area contributed by atoms with Crippen molar-refractivity contribution in [2.45, 2.75) is 0 Å². The molecule has 0 saturated carbocycles. The van der Waals surface area contributed by atoms with Crippen LogP contribution in [0.25, 0.3) is 0 Å². The quantitative estimate of drug-likeness (QED) is 0.380. The third-order valence-corrected chi connectivity index (χ3v) is 0. The molecule has 0 aromatic heterocycles. The van der Waals surface area contributed by atoms with Crippen molar-refractivity contribution in [1.82, 2.24) is 0 Å². The number of hydrogen-bond acceptors (Lipinski definition) is 0. The van der Waals surface area contributed by atoms with Gasteiger partial charge < -0.3 is 0 Å². The van der Waals surface area contributed by atoms with E-state index in [9.17, 15) is 0 Å². The van der Waals surface area contributed by atoms with E-state index in [2.05, 4.69) is 0 Å². The molecule has 4 heavy (non-hydrogen) atoms. The van der Waals surface area contributed by atoms with Crippen LogP contribution in [0, 0.1) is 0 Å². The van der Waals surface area contributed by atoms with Crippen molar-refractivity contribution in [2.75, 3.05) is 0 Å². The Morgan fingerprint density at radius 3 is 1.00 bits per heavy atom. The van der Waals surface area contributed by atoms with Gasteiger partial charge in [0.25, 0.3) is 0 Å². The Hall–Kier alpha value is 1.77. The topological polar surface area (TPSA) is 0 Å². The first-order valence-corrected chi connectivity index (χ1v) is 0. The van der Waals surface area contributed by atoms with Gasteiger partial charge >= 0.3 is 41.9 Å². The zero-order valence-electron chi connectivity index (χ0n) is 0.816. The molecule has 0 bridgehead atoms. The average molecular weight is 135 g/mol. The van der Waals surface area contributed by atoms with E-state index in [4.69, 9.17) is 0 Å². The molecule has 0 fully saturated rings. The van der Waals surface area contributed by atoms with Crippen LogP contribution >= 0.6 is 17.0 Å². The molecule has 0 aromatic rings. The van der Waals surface area contributed by atoms with Gasteiger partial charge in [-0.2, -0.15) is 0 Å². The summed E-state index contributed by atoms with van der Waals surface area (Å²) < 4.78 is 0. The second kappa shape index (κ2) is 21.6. The Morgan fingerprint density at radius 1 is 1.00 bits per heavy atom. The molecular formula is H5BrFLiMg. The van der Waals surface area contributed by atoms with Crippen molar-refractivity contribution >= 4 is 58.9 Å². The molecule has 0 atom stereocenters. The molecule has 0 amide bonds. The van der Waals surface area contributed by atoms with Gasteiger partial charge in [0, 0.05) is 0 Å². The van der Waals surface area contributed by atoms with Crippen molar-refractivity contribution < 1.29 is 4.70 Å². The summed E-state index contributed by atoms with van der Waals surface area (Å²) in [6, 6.07) is 0. The maximum Gasteiger partial charge on any atom is 0.316 e. The van der Waals surface area contributed by atoms with Crippen LogP contribution in [0.5, 0.6) is 0 Å². The fourth-order valence-corrected chi connectivity index (χ4v) is 0. The minimum atomic E-state index is 0. The molecule has 0 aromatic carbocycles. The molecule has 22 valence electrons. The minimum absolute atomic E-state index is 0. The predicted molar refractivity (Wildman–Crippen MR) is 28.5 cm³/mol. The molecule has 0 aliphatic carbocycles. The van der Waals surface area contributed by atoms with E-state index in [1.165, 1.54) is 0 Å². The van der Waals surface area contributed by atoms with Crippen LogP contribution in [0.2, 0.25) is 0 Å². The number of hydrogen-bond donors (Lipinski definition) is 0. The molecule has 0 radical (unpaired) electrons. The van der Waals surface area contributed by atoms with Gasteiger partial charge in [0.15, 0.2) is 0 Å². The summed E-state index contributed by atoms with van der Waals surface area (Å²) in [5, 5.41) is 0. The van der Waals surface area contributed by atoms with Crippen LogP contribution in [0.3, 0.4) is 0 Å². The normalized spacial score (nSPS) is 0. The molecular weight excluding hydrogens is 130 g/mol. The summed E-state index contributed by atoms with van der Waals surface area (Å²) in [4.78, 5) is 0. The van der Waals surface area contributed by atoms with Crippen LogP contribution in [-0.2, 0) is 0 Å². The Morgan fingerprint density at radius 2 is 1.00 bits per heavy atom. The summed E-state index contributed by atoms with van der Waals surface area (Å²) in [6.07, 6.45) is 0. The standard InChI is InChI=1S/BrH.FH.Li.Mg.3H/h2*1H;;;;;. The van der Waals surface area contributed by atoms with E-state index in [0.29, 0.717) is 0 Å². The van der Waals surface area contributed by atoms with E-state index in [1.54, 1.807) is 0 Å². The third-order valence-electron chi connectivity index (χ3n) is 0.